The quantitative estimate of drug-likeness (QED) is 0.558. The second kappa shape index (κ2) is 10.5. The first-order chi connectivity index (χ1) is 9.34. The Kier molecular flexibility index (Phi) is 9.36. The zero-order valence-electron chi connectivity index (χ0n) is 12.3. The summed E-state index contributed by atoms with van der Waals surface area (Å²) in [5, 5.41) is 0. The van der Waals surface area contributed by atoms with Gasteiger partial charge in [-0.1, -0.05) is 25.1 Å². The number of ether oxygens (including phenoxy) is 1. The van der Waals surface area contributed by atoms with E-state index in [1.807, 2.05) is 11.8 Å². The summed E-state index contributed by atoms with van der Waals surface area (Å²) in [6.45, 7) is 7.69. The van der Waals surface area contributed by atoms with E-state index < -0.39 is 0 Å². The molecular weight excluding hydrogens is 290 g/mol. The van der Waals surface area contributed by atoms with Gasteiger partial charge in [-0.15, -0.1) is 24.2 Å². The molecule has 4 heteroatoms. The van der Waals surface area contributed by atoms with Crippen molar-refractivity contribution >= 4 is 24.2 Å². The molecule has 0 aliphatic carbocycles. The molecule has 0 radical (unpaired) electrons. The molecule has 1 saturated heterocycles. The van der Waals surface area contributed by atoms with E-state index in [0.29, 0.717) is 0 Å². The normalized spacial score (nSPS) is 16.9. The van der Waals surface area contributed by atoms with Crippen LogP contribution in [0.5, 0.6) is 0 Å². The number of piperidine rings is 1. The van der Waals surface area contributed by atoms with Crippen LogP contribution in [0, 0.1) is 5.92 Å². The van der Waals surface area contributed by atoms with Gasteiger partial charge in [0.2, 0.25) is 0 Å². The highest BCUT2D eigenvalue weighted by Crippen LogP contribution is 2.17. The molecule has 2 rings (SSSR count). The molecule has 1 aromatic carbocycles. The topological polar surface area (TPSA) is 12.5 Å². The van der Waals surface area contributed by atoms with Gasteiger partial charge in [-0.05, 0) is 44.0 Å². The van der Waals surface area contributed by atoms with E-state index in [2.05, 4.69) is 42.2 Å². The van der Waals surface area contributed by atoms with Crippen LogP contribution in [-0.2, 0) is 4.74 Å². The maximum Gasteiger partial charge on any atom is 0.0593 e. The highest BCUT2D eigenvalue weighted by Gasteiger charge is 2.14. The summed E-state index contributed by atoms with van der Waals surface area (Å²) in [6.07, 6.45) is 2.70. The van der Waals surface area contributed by atoms with Gasteiger partial charge in [0.25, 0.3) is 0 Å². The molecule has 1 fully saturated rings. The molecule has 1 aliphatic heterocycles. The molecule has 0 unspecified atom stereocenters. The zero-order valence-corrected chi connectivity index (χ0v) is 13.9. The predicted molar refractivity (Wildman–Crippen MR) is 90.1 cm³/mol. The largest absolute Gasteiger partial charge is 0.379 e. The van der Waals surface area contributed by atoms with Crippen molar-refractivity contribution in [2.45, 2.75) is 24.7 Å². The summed E-state index contributed by atoms with van der Waals surface area (Å²) >= 11 is 1.87. The van der Waals surface area contributed by atoms with Gasteiger partial charge in [0.15, 0.2) is 0 Å². The van der Waals surface area contributed by atoms with E-state index in [9.17, 15) is 0 Å². The van der Waals surface area contributed by atoms with Crippen molar-refractivity contribution in [1.82, 2.24) is 4.90 Å². The number of thioether (sulfide) groups is 1. The van der Waals surface area contributed by atoms with Gasteiger partial charge in [0.05, 0.1) is 13.2 Å². The number of hydrogen-bond donors (Lipinski definition) is 0. The number of rotatable bonds is 7. The van der Waals surface area contributed by atoms with Gasteiger partial charge >= 0.3 is 0 Å². The Morgan fingerprint density at radius 1 is 1.15 bits per heavy atom. The number of likely N-dealkylation sites (tertiary alicyclic amines) is 1. The third-order valence-electron chi connectivity index (χ3n) is 3.67. The molecule has 0 N–H and O–H groups in total. The first-order valence-corrected chi connectivity index (χ1v) is 8.31. The van der Waals surface area contributed by atoms with E-state index in [4.69, 9.17) is 4.74 Å². The molecule has 2 nitrogen and oxygen atoms in total. The summed E-state index contributed by atoms with van der Waals surface area (Å²) in [5.74, 6) is 1.96. The summed E-state index contributed by atoms with van der Waals surface area (Å²) in [4.78, 5) is 3.86. The average molecular weight is 316 g/mol. The molecular formula is C16H26ClNOS. The van der Waals surface area contributed by atoms with Crippen molar-refractivity contribution in [2.75, 3.05) is 38.6 Å². The van der Waals surface area contributed by atoms with Gasteiger partial charge in [-0.3, -0.25) is 0 Å². The highest BCUT2D eigenvalue weighted by molar-refractivity contribution is 7.99. The van der Waals surface area contributed by atoms with E-state index in [-0.39, 0.29) is 12.4 Å². The van der Waals surface area contributed by atoms with E-state index in [0.717, 1.165) is 31.4 Å². The number of nitrogens with zero attached hydrogens (tertiary/aromatic N) is 1. The van der Waals surface area contributed by atoms with Crippen LogP contribution in [0.2, 0.25) is 0 Å². The van der Waals surface area contributed by atoms with Crippen molar-refractivity contribution in [3.63, 3.8) is 0 Å². The Morgan fingerprint density at radius 2 is 1.85 bits per heavy atom. The number of halogens is 1. The minimum Gasteiger partial charge on any atom is -0.379 e. The molecule has 0 saturated carbocycles. The summed E-state index contributed by atoms with van der Waals surface area (Å²) in [7, 11) is 0. The molecule has 0 amide bonds. The monoisotopic (exact) mass is 315 g/mol. The van der Waals surface area contributed by atoms with Crippen molar-refractivity contribution in [3.8, 4) is 0 Å². The third-order valence-corrected chi connectivity index (χ3v) is 4.64. The molecule has 114 valence electrons. The van der Waals surface area contributed by atoms with Crippen LogP contribution in [0.25, 0.3) is 0 Å². The standard InChI is InChI=1S/C16H25NOS.ClH/c1-15-7-9-17(10-8-15)11-12-18-13-14-19-16-5-3-2-4-6-16;/h2-6,15H,7-14H2,1H3;1H. The van der Waals surface area contributed by atoms with Crippen molar-refractivity contribution in [3.05, 3.63) is 30.3 Å². The third kappa shape index (κ3) is 6.98. The Labute approximate surface area is 133 Å². The van der Waals surface area contributed by atoms with Crippen LogP contribution in [0.3, 0.4) is 0 Å². The zero-order chi connectivity index (χ0) is 13.3. The molecule has 1 aromatic rings. The number of hydrogen-bond acceptors (Lipinski definition) is 3. The van der Waals surface area contributed by atoms with Gasteiger partial charge in [0.1, 0.15) is 0 Å². The van der Waals surface area contributed by atoms with Gasteiger partial charge in [-0.25, -0.2) is 0 Å². The maximum absolute atomic E-state index is 5.72. The predicted octanol–water partition coefficient (Wildman–Crippen LogP) is 3.95. The van der Waals surface area contributed by atoms with Crippen LogP contribution in [0.1, 0.15) is 19.8 Å². The minimum atomic E-state index is 0. The molecule has 1 heterocycles. The van der Waals surface area contributed by atoms with Crippen molar-refractivity contribution in [2.24, 2.45) is 5.92 Å². The van der Waals surface area contributed by atoms with Gasteiger partial charge in [-0.2, -0.15) is 0 Å². The molecule has 0 spiro atoms. The van der Waals surface area contributed by atoms with Gasteiger partial charge < -0.3 is 9.64 Å². The Balaban J connectivity index is 0.00000200. The summed E-state index contributed by atoms with van der Waals surface area (Å²) in [6, 6.07) is 10.5. The fourth-order valence-corrected chi connectivity index (χ4v) is 3.10. The van der Waals surface area contributed by atoms with E-state index in [1.165, 1.54) is 30.8 Å². The van der Waals surface area contributed by atoms with Crippen LogP contribution in [-0.4, -0.2) is 43.5 Å². The highest BCUT2D eigenvalue weighted by atomic mass is 35.5. The van der Waals surface area contributed by atoms with E-state index in [1.54, 1.807) is 0 Å². The average Bonchev–Trinajstić information content (AvgIpc) is 2.46. The SMILES string of the molecule is CC1CCN(CCOCCSc2ccccc2)CC1.Cl. The maximum atomic E-state index is 5.72. The van der Waals surface area contributed by atoms with Crippen LogP contribution in [0.4, 0.5) is 0 Å². The lowest BCUT2D eigenvalue weighted by Crippen LogP contribution is -2.35. The Bertz CT molecular complexity index is 342. The summed E-state index contributed by atoms with van der Waals surface area (Å²) in [5.41, 5.74) is 0. The Hall–Kier alpha value is -0.220. The van der Waals surface area contributed by atoms with Gasteiger partial charge in [0, 0.05) is 17.2 Å². The van der Waals surface area contributed by atoms with Crippen molar-refractivity contribution < 1.29 is 4.74 Å². The molecule has 1 aliphatic rings. The fourth-order valence-electron chi connectivity index (χ4n) is 2.32. The molecule has 0 atom stereocenters. The second-order valence-electron chi connectivity index (χ2n) is 5.30. The molecule has 20 heavy (non-hydrogen) atoms. The smallest absolute Gasteiger partial charge is 0.0593 e. The summed E-state index contributed by atoms with van der Waals surface area (Å²) < 4.78 is 5.72. The minimum absolute atomic E-state index is 0. The lowest BCUT2D eigenvalue weighted by atomic mass is 9.99. The lowest BCUT2D eigenvalue weighted by Gasteiger charge is -2.29. The van der Waals surface area contributed by atoms with Crippen molar-refractivity contribution in [1.29, 1.82) is 0 Å². The first-order valence-electron chi connectivity index (χ1n) is 7.32. The van der Waals surface area contributed by atoms with E-state index >= 15 is 0 Å². The fraction of sp³-hybridized carbons (Fsp3) is 0.625. The van der Waals surface area contributed by atoms with Crippen LogP contribution < -0.4 is 0 Å². The Morgan fingerprint density at radius 3 is 2.55 bits per heavy atom. The van der Waals surface area contributed by atoms with Crippen LogP contribution in [0.15, 0.2) is 35.2 Å². The van der Waals surface area contributed by atoms with Crippen LogP contribution >= 0.6 is 24.2 Å². The second-order valence-corrected chi connectivity index (χ2v) is 6.47. The molecule has 0 aromatic heterocycles. The number of benzene rings is 1. The molecule has 0 bridgehead atoms. The lowest BCUT2D eigenvalue weighted by molar-refractivity contribution is 0.0990. The first kappa shape index (κ1) is 17.8.